The summed E-state index contributed by atoms with van der Waals surface area (Å²) in [6, 6.07) is 10.2. The number of methoxy groups -OCH3 is 1. The molecule has 0 unspecified atom stereocenters. The summed E-state index contributed by atoms with van der Waals surface area (Å²) in [6.07, 6.45) is 1.64. The van der Waals surface area contributed by atoms with Crippen molar-refractivity contribution in [3.8, 4) is 0 Å². The van der Waals surface area contributed by atoms with Crippen LogP contribution in [0, 0.1) is 0 Å². The van der Waals surface area contributed by atoms with Gasteiger partial charge in [0.15, 0.2) is 5.16 Å². The topological polar surface area (TPSA) is 69.0 Å². The minimum Gasteiger partial charge on any atom is -0.383 e. The normalized spacial score (nSPS) is 10.8. The highest BCUT2D eigenvalue weighted by Gasteiger charge is 2.14. The Hall–Kier alpha value is -1.86. The maximum absolute atomic E-state index is 11.8. The van der Waals surface area contributed by atoms with Gasteiger partial charge >= 0.3 is 0 Å². The van der Waals surface area contributed by atoms with E-state index < -0.39 is 0 Å². The number of benzene rings is 1. The lowest BCUT2D eigenvalue weighted by Gasteiger charge is -2.10. The Kier molecular flexibility index (Phi) is 7.77. The van der Waals surface area contributed by atoms with Gasteiger partial charge in [0.2, 0.25) is 5.91 Å². The zero-order valence-corrected chi connectivity index (χ0v) is 15.0. The van der Waals surface area contributed by atoms with Crippen LogP contribution in [0.3, 0.4) is 0 Å². The van der Waals surface area contributed by atoms with Crippen molar-refractivity contribution >= 4 is 17.7 Å². The monoisotopic (exact) mass is 348 g/mol. The molecule has 0 aliphatic rings. The summed E-state index contributed by atoms with van der Waals surface area (Å²) in [7, 11) is 1.67. The summed E-state index contributed by atoms with van der Waals surface area (Å²) in [5, 5.41) is 12.2. The Morgan fingerprint density at radius 1 is 1.29 bits per heavy atom. The number of rotatable bonds is 10. The number of carbonyl (C=O) groups excluding carboxylic acids is 1. The molecule has 0 bridgehead atoms. The Morgan fingerprint density at radius 2 is 2.08 bits per heavy atom. The number of ether oxygens (including phenoxy) is 1. The summed E-state index contributed by atoms with van der Waals surface area (Å²) in [5.74, 6) is 1.25. The van der Waals surface area contributed by atoms with Crippen LogP contribution in [0.4, 0.5) is 0 Å². The van der Waals surface area contributed by atoms with E-state index in [9.17, 15) is 4.79 Å². The van der Waals surface area contributed by atoms with E-state index in [-0.39, 0.29) is 5.91 Å². The third kappa shape index (κ3) is 5.65. The average Bonchev–Trinajstić information content (AvgIpc) is 2.98. The molecule has 0 radical (unpaired) electrons. The second-order valence-electron chi connectivity index (χ2n) is 5.34. The lowest BCUT2D eigenvalue weighted by Crippen LogP contribution is -2.25. The average molecular weight is 348 g/mol. The molecular formula is C17H24N4O2S. The summed E-state index contributed by atoms with van der Waals surface area (Å²) >= 11 is 1.41. The fourth-order valence-electron chi connectivity index (χ4n) is 2.19. The van der Waals surface area contributed by atoms with Crippen LogP contribution in [0.25, 0.3) is 0 Å². The van der Waals surface area contributed by atoms with E-state index in [2.05, 4.69) is 27.6 Å². The minimum atomic E-state index is 0.0211. The van der Waals surface area contributed by atoms with Gasteiger partial charge in [-0.25, -0.2) is 0 Å². The molecule has 0 spiro atoms. The molecule has 1 aromatic heterocycles. The molecule has 1 amide bonds. The van der Waals surface area contributed by atoms with Crippen molar-refractivity contribution in [1.82, 2.24) is 20.1 Å². The number of amides is 1. The molecule has 1 aromatic carbocycles. The summed E-state index contributed by atoms with van der Waals surface area (Å²) in [5.41, 5.74) is 1.18. The number of hydrogen-bond acceptors (Lipinski definition) is 5. The maximum atomic E-state index is 11.8. The van der Waals surface area contributed by atoms with Gasteiger partial charge in [-0.15, -0.1) is 10.2 Å². The van der Waals surface area contributed by atoms with Gasteiger partial charge < -0.3 is 14.6 Å². The predicted molar refractivity (Wildman–Crippen MR) is 95.2 cm³/mol. The van der Waals surface area contributed by atoms with Crippen molar-refractivity contribution in [2.24, 2.45) is 0 Å². The van der Waals surface area contributed by atoms with E-state index in [0.717, 1.165) is 17.4 Å². The lowest BCUT2D eigenvalue weighted by atomic mass is 10.1. The van der Waals surface area contributed by atoms with Gasteiger partial charge in [-0.3, -0.25) is 4.79 Å². The molecule has 6 nitrogen and oxygen atoms in total. The Labute approximate surface area is 147 Å². The van der Waals surface area contributed by atoms with E-state index in [1.807, 2.05) is 29.7 Å². The minimum absolute atomic E-state index is 0.0211. The third-order valence-electron chi connectivity index (χ3n) is 3.42. The molecule has 2 aromatic rings. The molecule has 1 N–H and O–H groups in total. The van der Waals surface area contributed by atoms with Crippen LogP contribution in [-0.4, -0.2) is 46.7 Å². The summed E-state index contributed by atoms with van der Waals surface area (Å²) < 4.78 is 7.23. The van der Waals surface area contributed by atoms with E-state index >= 15 is 0 Å². The predicted octanol–water partition coefficient (Wildman–Crippen LogP) is 2.13. The van der Waals surface area contributed by atoms with Gasteiger partial charge in [-0.05, 0) is 12.0 Å². The SMILES string of the molecule is CCCNC(=O)CSc1nnc(Cc2ccccc2)n1CCOC. The maximum Gasteiger partial charge on any atom is 0.230 e. The number of nitrogens with one attached hydrogen (secondary N) is 1. The fraction of sp³-hybridized carbons (Fsp3) is 0.471. The van der Waals surface area contributed by atoms with Crippen LogP contribution in [0.2, 0.25) is 0 Å². The first-order chi connectivity index (χ1) is 11.7. The second-order valence-corrected chi connectivity index (χ2v) is 6.29. The van der Waals surface area contributed by atoms with E-state index in [4.69, 9.17) is 4.74 Å². The second kappa shape index (κ2) is 10.1. The summed E-state index contributed by atoms with van der Waals surface area (Å²) in [6.45, 7) is 3.99. The van der Waals surface area contributed by atoms with Gasteiger partial charge in [-0.1, -0.05) is 49.0 Å². The molecule has 0 fully saturated rings. The van der Waals surface area contributed by atoms with Crippen molar-refractivity contribution in [2.45, 2.75) is 31.5 Å². The smallest absolute Gasteiger partial charge is 0.230 e. The van der Waals surface area contributed by atoms with Gasteiger partial charge in [0.05, 0.1) is 12.4 Å². The van der Waals surface area contributed by atoms with Crippen molar-refractivity contribution in [3.05, 3.63) is 41.7 Å². The highest BCUT2D eigenvalue weighted by atomic mass is 32.2. The number of carbonyl (C=O) groups is 1. The highest BCUT2D eigenvalue weighted by molar-refractivity contribution is 7.99. The first-order valence-corrected chi connectivity index (χ1v) is 9.07. The third-order valence-corrected chi connectivity index (χ3v) is 4.39. The lowest BCUT2D eigenvalue weighted by molar-refractivity contribution is -0.118. The van der Waals surface area contributed by atoms with Gasteiger partial charge in [0.1, 0.15) is 5.82 Å². The van der Waals surface area contributed by atoms with Gasteiger partial charge in [-0.2, -0.15) is 0 Å². The molecule has 0 atom stereocenters. The molecular weight excluding hydrogens is 324 g/mol. The first kappa shape index (κ1) is 18.5. The largest absolute Gasteiger partial charge is 0.383 e. The van der Waals surface area contributed by atoms with Crippen LogP contribution in [0.15, 0.2) is 35.5 Å². The standard InChI is InChI=1S/C17H24N4O2S/c1-3-9-18-16(22)13-24-17-20-19-15(21(17)10-11-23-2)12-14-7-5-4-6-8-14/h4-8H,3,9-13H2,1-2H3,(H,18,22). The molecule has 0 saturated heterocycles. The number of nitrogens with zero attached hydrogens (tertiary/aromatic N) is 3. The van der Waals surface area contributed by atoms with E-state index in [1.54, 1.807) is 7.11 Å². The van der Waals surface area contributed by atoms with Crippen LogP contribution in [-0.2, 0) is 22.5 Å². The Morgan fingerprint density at radius 3 is 2.79 bits per heavy atom. The molecule has 0 saturated carbocycles. The van der Waals surface area contributed by atoms with Crippen LogP contribution in [0.1, 0.15) is 24.7 Å². The number of thioether (sulfide) groups is 1. The van der Waals surface area contributed by atoms with E-state index in [0.29, 0.717) is 31.9 Å². The Balaban J connectivity index is 2.05. The van der Waals surface area contributed by atoms with Crippen LogP contribution < -0.4 is 5.32 Å². The van der Waals surface area contributed by atoms with Crippen molar-refractivity contribution in [3.63, 3.8) is 0 Å². The van der Waals surface area contributed by atoms with Crippen LogP contribution >= 0.6 is 11.8 Å². The molecule has 7 heteroatoms. The molecule has 0 aliphatic heterocycles. The zero-order chi connectivity index (χ0) is 17.2. The van der Waals surface area contributed by atoms with Crippen LogP contribution in [0.5, 0.6) is 0 Å². The number of aromatic nitrogens is 3. The number of hydrogen-bond donors (Lipinski definition) is 1. The van der Waals surface area contributed by atoms with Crippen molar-refractivity contribution in [1.29, 1.82) is 0 Å². The molecule has 2 rings (SSSR count). The van der Waals surface area contributed by atoms with Gasteiger partial charge in [0.25, 0.3) is 0 Å². The molecule has 1 heterocycles. The summed E-state index contributed by atoms with van der Waals surface area (Å²) in [4.78, 5) is 11.8. The van der Waals surface area contributed by atoms with Crippen molar-refractivity contribution < 1.29 is 9.53 Å². The highest BCUT2D eigenvalue weighted by Crippen LogP contribution is 2.18. The quantitative estimate of drug-likeness (QED) is 0.666. The molecule has 0 aliphatic carbocycles. The van der Waals surface area contributed by atoms with E-state index in [1.165, 1.54) is 17.3 Å². The fourth-order valence-corrected chi connectivity index (χ4v) is 3.00. The zero-order valence-electron chi connectivity index (χ0n) is 14.2. The Bertz CT molecular complexity index is 631. The van der Waals surface area contributed by atoms with Gasteiger partial charge in [0, 0.05) is 26.6 Å². The molecule has 24 heavy (non-hydrogen) atoms. The molecule has 130 valence electrons. The van der Waals surface area contributed by atoms with Crippen molar-refractivity contribution in [2.75, 3.05) is 26.0 Å². The first-order valence-electron chi connectivity index (χ1n) is 8.09.